The van der Waals surface area contributed by atoms with Crippen molar-refractivity contribution < 1.29 is 9.59 Å². The topological polar surface area (TPSA) is 84.0 Å². The number of carbonyl (C=O) groups excluding carboxylic acids is 2. The van der Waals surface area contributed by atoms with Gasteiger partial charge in [0.05, 0.1) is 16.9 Å². The number of halogens is 1. The number of nitrogens with zero attached hydrogens (tertiary/aromatic N) is 2. The zero-order valence-corrected chi connectivity index (χ0v) is 11.3. The van der Waals surface area contributed by atoms with E-state index in [-0.39, 0.29) is 17.5 Å². The summed E-state index contributed by atoms with van der Waals surface area (Å²) in [5, 5.41) is 5.55. The van der Waals surface area contributed by atoms with Crippen molar-refractivity contribution in [1.29, 1.82) is 0 Å². The molecule has 0 radical (unpaired) electrons. The lowest BCUT2D eigenvalue weighted by atomic mass is 10.2. The quantitative estimate of drug-likeness (QED) is 0.909. The molecule has 6 nitrogen and oxygen atoms in total. The Bertz CT molecular complexity index is 646. The van der Waals surface area contributed by atoms with E-state index in [0.29, 0.717) is 16.4 Å². The molecule has 0 aliphatic heterocycles. The van der Waals surface area contributed by atoms with Gasteiger partial charge in [-0.15, -0.1) is 0 Å². The molecule has 0 bridgehead atoms. The lowest BCUT2D eigenvalue weighted by Gasteiger charge is -2.08. The maximum absolute atomic E-state index is 11.9. The van der Waals surface area contributed by atoms with Crippen molar-refractivity contribution in [2.24, 2.45) is 0 Å². The van der Waals surface area contributed by atoms with Gasteiger partial charge >= 0.3 is 0 Å². The Balaban J connectivity index is 2.13. The second-order valence-corrected chi connectivity index (χ2v) is 4.33. The summed E-state index contributed by atoms with van der Waals surface area (Å²) >= 11 is 6.01. The Labute approximate surface area is 120 Å². The third-order valence-electron chi connectivity index (χ3n) is 2.33. The Hall–Kier alpha value is -2.47. The molecule has 7 heteroatoms. The summed E-state index contributed by atoms with van der Waals surface area (Å²) in [6, 6.07) is 4.78. The molecule has 0 fully saturated rings. The summed E-state index contributed by atoms with van der Waals surface area (Å²) in [7, 11) is 0. The van der Waals surface area contributed by atoms with E-state index >= 15 is 0 Å². The van der Waals surface area contributed by atoms with E-state index in [1.54, 1.807) is 18.2 Å². The number of nitrogens with one attached hydrogen (secondary N) is 2. The predicted octanol–water partition coefficient (Wildman–Crippen LogP) is 2.34. The van der Waals surface area contributed by atoms with E-state index in [1.807, 2.05) is 0 Å². The molecule has 0 saturated carbocycles. The van der Waals surface area contributed by atoms with Gasteiger partial charge in [0.1, 0.15) is 5.69 Å². The summed E-state index contributed by atoms with van der Waals surface area (Å²) in [5.41, 5.74) is 1.19. The minimum Gasteiger partial charge on any atom is -0.325 e. The third-order valence-corrected chi connectivity index (χ3v) is 2.65. The van der Waals surface area contributed by atoms with Crippen molar-refractivity contribution in [1.82, 2.24) is 9.97 Å². The highest BCUT2D eigenvalue weighted by Gasteiger charge is 2.09. The molecule has 1 heterocycles. The van der Waals surface area contributed by atoms with Gasteiger partial charge in [0.2, 0.25) is 5.91 Å². The predicted molar refractivity (Wildman–Crippen MR) is 75.7 cm³/mol. The van der Waals surface area contributed by atoms with Crippen LogP contribution in [0.3, 0.4) is 0 Å². The number of hydrogen-bond acceptors (Lipinski definition) is 4. The average Bonchev–Trinajstić information content (AvgIpc) is 2.42. The first-order valence-electron chi connectivity index (χ1n) is 5.71. The molecule has 2 aromatic rings. The van der Waals surface area contributed by atoms with Crippen LogP contribution in [0.1, 0.15) is 17.4 Å². The van der Waals surface area contributed by atoms with Crippen LogP contribution in [-0.2, 0) is 4.79 Å². The van der Waals surface area contributed by atoms with Crippen molar-refractivity contribution in [2.75, 3.05) is 10.6 Å². The molecule has 20 heavy (non-hydrogen) atoms. The lowest BCUT2D eigenvalue weighted by Crippen LogP contribution is -2.14. The van der Waals surface area contributed by atoms with Gasteiger partial charge in [-0.1, -0.05) is 11.6 Å². The van der Waals surface area contributed by atoms with Crippen LogP contribution in [-0.4, -0.2) is 21.8 Å². The van der Waals surface area contributed by atoms with Gasteiger partial charge in [0.25, 0.3) is 5.91 Å². The molecular formula is C13H11ClN4O2. The van der Waals surface area contributed by atoms with Crippen LogP contribution in [0.15, 0.2) is 36.8 Å². The van der Waals surface area contributed by atoms with Gasteiger partial charge in [0.15, 0.2) is 0 Å². The molecule has 0 atom stereocenters. The standard InChI is InChI=1S/C13H11ClN4O2/c1-8(19)17-11-3-2-9(6-10(11)14)18-13(20)12-7-15-4-5-16-12/h2-7H,1H3,(H,17,19)(H,18,20). The molecule has 0 spiro atoms. The number of amides is 2. The minimum absolute atomic E-state index is 0.203. The molecule has 0 saturated heterocycles. The molecule has 1 aromatic carbocycles. The van der Waals surface area contributed by atoms with Crippen LogP contribution >= 0.6 is 11.6 Å². The number of benzene rings is 1. The van der Waals surface area contributed by atoms with Crippen LogP contribution in [0.4, 0.5) is 11.4 Å². The first-order valence-corrected chi connectivity index (χ1v) is 6.08. The molecule has 2 N–H and O–H groups in total. The summed E-state index contributed by atoms with van der Waals surface area (Å²) in [6.07, 6.45) is 4.28. The molecule has 2 rings (SSSR count). The van der Waals surface area contributed by atoms with Gasteiger partial charge in [0, 0.05) is 25.0 Å². The Morgan fingerprint density at radius 2 is 2.00 bits per heavy atom. The number of carbonyl (C=O) groups is 2. The number of hydrogen-bond donors (Lipinski definition) is 2. The van der Waals surface area contributed by atoms with Crippen LogP contribution in [0.2, 0.25) is 5.02 Å². The Morgan fingerprint density at radius 3 is 2.60 bits per heavy atom. The van der Waals surface area contributed by atoms with E-state index in [0.717, 1.165) is 0 Å². The van der Waals surface area contributed by atoms with Gasteiger partial charge in [-0.2, -0.15) is 0 Å². The molecule has 2 amide bonds. The second kappa shape index (κ2) is 6.12. The first-order chi connectivity index (χ1) is 9.56. The first kappa shape index (κ1) is 14.0. The fourth-order valence-electron chi connectivity index (χ4n) is 1.50. The summed E-state index contributed by atoms with van der Waals surface area (Å²) in [4.78, 5) is 30.5. The van der Waals surface area contributed by atoms with E-state index in [1.165, 1.54) is 25.5 Å². The lowest BCUT2D eigenvalue weighted by molar-refractivity contribution is -0.114. The summed E-state index contributed by atoms with van der Waals surface area (Å²) < 4.78 is 0. The van der Waals surface area contributed by atoms with E-state index in [4.69, 9.17) is 11.6 Å². The largest absolute Gasteiger partial charge is 0.325 e. The highest BCUT2D eigenvalue weighted by molar-refractivity contribution is 6.34. The number of anilines is 2. The van der Waals surface area contributed by atoms with E-state index in [9.17, 15) is 9.59 Å². The SMILES string of the molecule is CC(=O)Nc1ccc(NC(=O)c2cnccn2)cc1Cl. The maximum Gasteiger partial charge on any atom is 0.275 e. The number of aromatic nitrogens is 2. The zero-order chi connectivity index (χ0) is 14.5. The summed E-state index contributed by atoms with van der Waals surface area (Å²) in [5.74, 6) is -0.607. The van der Waals surface area contributed by atoms with Gasteiger partial charge in [-0.25, -0.2) is 4.98 Å². The van der Waals surface area contributed by atoms with E-state index < -0.39 is 0 Å². The fraction of sp³-hybridized carbons (Fsp3) is 0.0769. The third kappa shape index (κ3) is 3.52. The van der Waals surface area contributed by atoms with Crippen molar-refractivity contribution >= 4 is 34.8 Å². The average molecular weight is 291 g/mol. The molecule has 0 aliphatic rings. The fourth-order valence-corrected chi connectivity index (χ4v) is 1.72. The smallest absolute Gasteiger partial charge is 0.275 e. The van der Waals surface area contributed by atoms with Crippen molar-refractivity contribution in [2.45, 2.75) is 6.92 Å². The van der Waals surface area contributed by atoms with Crippen LogP contribution in [0, 0.1) is 0 Å². The summed E-state index contributed by atoms with van der Waals surface area (Å²) in [6.45, 7) is 1.39. The van der Waals surface area contributed by atoms with E-state index in [2.05, 4.69) is 20.6 Å². The minimum atomic E-state index is -0.388. The Kier molecular flexibility index (Phi) is 4.27. The van der Waals surface area contributed by atoms with Gasteiger partial charge in [-0.3, -0.25) is 14.6 Å². The molecule has 0 aliphatic carbocycles. The number of rotatable bonds is 3. The van der Waals surface area contributed by atoms with Crippen LogP contribution in [0.5, 0.6) is 0 Å². The van der Waals surface area contributed by atoms with Gasteiger partial charge < -0.3 is 10.6 Å². The second-order valence-electron chi connectivity index (χ2n) is 3.92. The maximum atomic E-state index is 11.9. The normalized spacial score (nSPS) is 9.90. The monoisotopic (exact) mass is 290 g/mol. The van der Waals surface area contributed by atoms with Crippen LogP contribution < -0.4 is 10.6 Å². The highest BCUT2D eigenvalue weighted by Crippen LogP contribution is 2.25. The molecule has 0 unspecified atom stereocenters. The van der Waals surface area contributed by atoms with Crippen LogP contribution in [0.25, 0.3) is 0 Å². The molecule has 102 valence electrons. The van der Waals surface area contributed by atoms with Gasteiger partial charge in [-0.05, 0) is 18.2 Å². The van der Waals surface area contributed by atoms with Crippen molar-refractivity contribution in [3.8, 4) is 0 Å². The highest BCUT2D eigenvalue weighted by atomic mass is 35.5. The molecule has 1 aromatic heterocycles. The molecular weight excluding hydrogens is 280 g/mol. The zero-order valence-electron chi connectivity index (χ0n) is 10.6. The van der Waals surface area contributed by atoms with Crippen molar-refractivity contribution in [3.05, 3.63) is 47.5 Å². The Morgan fingerprint density at radius 1 is 1.20 bits per heavy atom. The van der Waals surface area contributed by atoms with Crippen molar-refractivity contribution in [3.63, 3.8) is 0 Å².